The van der Waals surface area contributed by atoms with Gasteiger partial charge in [-0.15, -0.1) is 11.3 Å². The summed E-state index contributed by atoms with van der Waals surface area (Å²) >= 11 is 1.56. The molecule has 45 heavy (non-hydrogen) atoms. The van der Waals surface area contributed by atoms with Gasteiger partial charge in [-0.1, -0.05) is 12.1 Å². The molecule has 1 fully saturated rings. The number of methoxy groups -OCH3 is 1. The second kappa shape index (κ2) is 15.7. The lowest BCUT2D eigenvalue weighted by Crippen LogP contribution is -2.58. The van der Waals surface area contributed by atoms with Crippen LogP contribution in [-0.4, -0.2) is 86.4 Å². The number of thiazole rings is 1. The molecule has 2 aliphatic rings. The number of carbonyl (C=O) groups is 3. The minimum absolute atomic E-state index is 0.0488. The van der Waals surface area contributed by atoms with Crippen molar-refractivity contribution in [2.24, 2.45) is 0 Å². The Labute approximate surface area is 266 Å². The third kappa shape index (κ3) is 9.16. The number of rotatable bonds is 7. The summed E-state index contributed by atoms with van der Waals surface area (Å²) in [5, 5.41) is 8.65. The summed E-state index contributed by atoms with van der Waals surface area (Å²) < 4.78 is 23.4. The van der Waals surface area contributed by atoms with E-state index in [1.54, 1.807) is 42.2 Å². The maximum absolute atomic E-state index is 13.2. The van der Waals surface area contributed by atoms with E-state index in [9.17, 15) is 14.4 Å². The van der Waals surface area contributed by atoms with Gasteiger partial charge in [0.15, 0.2) is 0 Å². The van der Waals surface area contributed by atoms with E-state index in [4.69, 9.17) is 18.9 Å². The second-order valence-corrected chi connectivity index (χ2v) is 11.8. The zero-order chi connectivity index (χ0) is 31.6. The van der Waals surface area contributed by atoms with Gasteiger partial charge in [-0.3, -0.25) is 9.59 Å². The van der Waals surface area contributed by atoms with Gasteiger partial charge in [0.25, 0.3) is 5.91 Å². The van der Waals surface area contributed by atoms with Crippen LogP contribution in [-0.2, 0) is 27.3 Å². The molecule has 12 nitrogen and oxygen atoms in total. The molecule has 0 aliphatic carbocycles. The lowest BCUT2D eigenvalue weighted by atomic mass is 10.0. The molecule has 3 N–H and O–H groups in total. The minimum atomic E-state index is -0.426. The number of fused-ring (bicyclic) bond motifs is 5. The number of urea groups is 1. The highest BCUT2D eigenvalue weighted by Crippen LogP contribution is 2.29. The summed E-state index contributed by atoms with van der Waals surface area (Å²) in [4.78, 5) is 46.2. The van der Waals surface area contributed by atoms with Crippen LogP contribution >= 0.6 is 11.3 Å². The molecule has 1 saturated heterocycles. The number of nitrogens with zero attached hydrogens (tertiary/aromatic N) is 2. The molecule has 4 amide bonds. The number of piperidine rings is 1. The number of carbonyl (C=O) groups excluding carboxylic acids is 3. The van der Waals surface area contributed by atoms with E-state index in [0.717, 1.165) is 16.1 Å². The Hall–Kier alpha value is -4.20. The molecular formula is C32H39N5O7S. The summed E-state index contributed by atoms with van der Waals surface area (Å²) in [7, 11) is 1.59. The predicted octanol–water partition coefficient (Wildman–Crippen LogP) is 3.43. The Morgan fingerprint density at radius 1 is 1.11 bits per heavy atom. The Bertz CT molecular complexity index is 1480. The van der Waals surface area contributed by atoms with Crippen molar-refractivity contribution in [2.75, 3.05) is 46.5 Å². The lowest BCUT2D eigenvalue weighted by Gasteiger charge is -2.38. The summed E-state index contributed by atoms with van der Waals surface area (Å²) in [6.45, 7) is 4.20. The molecule has 2 aliphatic heterocycles. The van der Waals surface area contributed by atoms with Crippen LogP contribution in [0.3, 0.4) is 0 Å². The molecule has 13 heteroatoms. The Kier molecular flexibility index (Phi) is 11.2. The highest BCUT2D eigenvalue weighted by molar-refractivity contribution is 7.09. The van der Waals surface area contributed by atoms with Gasteiger partial charge in [0.1, 0.15) is 23.9 Å². The molecule has 2 atom stereocenters. The smallest absolute Gasteiger partial charge is 0.315 e. The van der Waals surface area contributed by atoms with E-state index in [-0.39, 0.29) is 43.6 Å². The van der Waals surface area contributed by atoms with Crippen molar-refractivity contribution in [2.45, 2.75) is 44.9 Å². The summed E-state index contributed by atoms with van der Waals surface area (Å²) in [5.41, 5.74) is 3.97. The lowest BCUT2D eigenvalue weighted by molar-refractivity contribution is -0.136. The maximum Gasteiger partial charge on any atom is 0.315 e. The summed E-state index contributed by atoms with van der Waals surface area (Å²) in [6.07, 6.45) is 1.16. The predicted molar refractivity (Wildman–Crippen MR) is 168 cm³/mol. The second-order valence-electron chi connectivity index (χ2n) is 10.9. The van der Waals surface area contributed by atoms with Crippen LogP contribution in [0.2, 0.25) is 0 Å². The van der Waals surface area contributed by atoms with E-state index in [1.165, 1.54) is 0 Å². The average Bonchev–Trinajstić information content (AvgIpc) is 3.45. The zero-order valence-electron chi connectivity index (χ0n) is 25.5. The molecule has 4 bridgehead atoms. The molecule has 2 aromatic carbocycles. The van der Waals surface area contributed by atoms with Crippen molar-refractivity contribution in [3.8, 4) is 17.2 Å². The number of likely N-dealkylation sites (tertiary alicyclic amines) is 1. The first-order valence-electron chi connectivity index (χ1n) is 15.0. The van der Waals surface area contributed by atoms with Gasteiger partial charge in [0.2, 0.25) is 5.91 Å². The van der Waals surface area contributed by atoms with E-state index in [0.29, 0.717) is 68.4 Å². The third-order valence-electron chi connectivity index (χ3n) is 7.63. The molecule has 240 valence electrons. The maximum atomic E-state index is 13.2. The molecule has 0 unspecified atom stereocenters. The fourth-order valence-electron chi connectivity index (χ4n) is 5.22. The van der Waals surface area contributed by atoms with Crippen LogP contribution in [0, 0.1) is 6.92 Å². The number of amides is 4. The highest BCUT2D eigenvalue weighted by Gasteiger charge is 2.33. The number of benzene rings is 2. The average molecular weight is 638 g/mol. The first kappa shape index (κ1) is 32.2. The highest BCUT2D eigenvalue weighted by atomic mass is 32.1. The van der Waals surface area contributed by atoms with Gasteiger partial charge in [-0.2, -0.15) is 0 Å². The van der Waals surface area contributed by atoms with Gasteiger partial charge in [0.05, 0.1) is 36.6 Å². The molecule has 0 spiro atoms. The van der Waals surface area contributed by atoms with Crippen LogP contribution in [0.1, 0.15) is 39.3 Å². The quantitative estimate of drug-likeness (QED) is 0.335. The first-order chi connectivity index (χ1) is 21.9. The zero-order valence-corrected chi connectivity index (χ0v) is 26.3. The van der Waals surface area contributed by atoms with Crippen LogP contribution in [0.4, 0.5) is 4.79 Å². The standard InChI is InChI=1S/C32H39N5O7S/c1-21-29(45-20-35-21)6-7-30(38)37-11-8-27-28(18-37)43-19-22-4-3-5-24(14-22)44-26-16-23(15-25(17-26)42-13-12-41-2)31(39)33-9-10-34-32(40)36-27/h3-5,14-17,20,27-28H,6-13,18-19H2,1-2H3,(H,33,39)(H2,34,36,40)/t27-,28-/m0/s1. The van der Waals surface area contributed by atoms with Gasteiger partial charge in [0, 0.05) is 56.2 Å². The van der Waals surface area contributed by atoms with E-state index < -0.39 is 6.10 Å². The molecule has 0 radical (unpaired) electrons. The van der Waals surface area contributed by atoms with Gasteiger partial charge < -0.3 is 39.8 Å². The summed E-state index contributed by atoms with van der Waals surface area (Å²) in [6, 6.07) is 11.8. The van der Waals surface area contributed by atoms with Crippen molar-refractivity contribution in [3.05, 3.63) is 69.7 Å². The van der Waals surface area contributed by atoms with Crippen LogP contribution < -0.4 is 25.4 Å². The topological polar surface area (TPSA) is 140 Å². The monoisotopic (exact) mass is 637 g/mol. The molecule has 0 saturated carbocycles. The van der Waals surface area contributed by atoms with E-state index in [2.05, 4.69) is 20.9 Å². The Morgan fingerprint density at radius 3 is 2.80 bits per heavy atom. The van der Waals surface area contributed by atoms with Crippen LogP contribution in [0.15, 0.2) is 48.0 Å². The van der Waals surface area contributed by atoms with Gasteiger partial charge >= 0.3 is 6.03 Å². The third-order valence-corrected chi connectivity index (χ3v) is 8.63. The molecule has 1 aromatic heterocycles. The molecule has 3 heterocycles. The minimum Gasteiger partial charge on any atom is -0.491 e. The number of hydrogen-bond donors (Lipinski definition) is 3. The van der Waals surface area contributed by atoms with Crippen LogP contribution in [0.5, 0.6) is 17.2 Å². The van der Waals surface area contributed by atoms with E-state index >= 15 is 0 Å². The Morgan fingerprint density at radius 2 is 1.98 bits per heavy atom. The SMILES string of the molecule is COCCOc1cc2cc(c1)C(=O)NCCNC(=O)N[C@H]1CCN(C(=O)CCc3scnc3C)C[C@@H]1OCc1cccc(c1)O2. The van der Waals surface area contributed by atoms with Crippen molar-refractivity contribution >= 4 is 29.2 Å². The van der Waals surface area contributed by atoms with Crippen molar-refractivity contribution in [3.63, 3.8) is 0 Å². The first-order valence-corrected chi connectivity index (χ1v) is 15.9. The molecule has 3 aromatic rings. The van der Waals surface area contributed by atoms with Gasteiger partial charge in [-0.25, -0.2) is 9.78 Å². The number of aromatic nitrogens is 1. The Balaban J connectivity index is 1.32. The van der Waals surface area contributed by atoms with Crippen molar-refractivity contribution in [1.82, 2.24) is 25.8 Å². The van der Waals surface area contributed by atoms with Gasteiger partial charge in [-0.05, 0) is 49.6 Å². The molecular weight excluding hydrogens is 598 g/mol. The summed E-state index contributed by atoms with van der Waals surface area (Å²) in [5.74, 6) is 1.18. The fraction of sp³-hybridized carbons (Fsp3) is 0.438. The van der Waals surface area contributed by atoms with E-state index in [1.807, 2.05) is 36.1 Å². The fourth-order valence-corrected chi connectivity index (χ4v) is 6.00. The normalized spacial score (nSPS) is 19.1. The number of hydrogen-bond acceptors (Lipinski definition) is 9. The van der Waals surface area contributed by atoms with Crippen molar-refractivity contribution in [1.29, 1.82) is 0 Å². The van der Waals surface area contributed by atoms with Crippen LogP contribution in [0.25, 0.3) is 0 Å². The number of ether oxygens (including phenoxy) is 4. The van der Waals surface area contributed by atoms with Crippen molar-refractivity contribution < 1.29 is 33.3 Å². The number of nitrogens with one attached hydrogen (secondary N) is 3. The largest absolute Gasteiger partial charge is 0.491 e. The molecule has 5 rings (SSSR count). The number of aryl methyl sites for hydroxylation is 2.